The van der Waals surface area contributed by atoms with Crippen LogP contribution < -0.4 is 4.90 Å². The molecule has 0 aliphatic carbocycles. The standard InChI is InChI=1S/C16H15N3O3/c1-18(2)14-7-5-12(10-15(14)19(21)22)6-8-16(20)13-4-3-9-17-11-13/h3-11H,1-2H3/b8-6+. The van der Waals surface area contributed by atoms with Gasteiger partial charge < -0.3 is 4.90 Å². The Morgan fingerprint density at radius 1 is 1.32 bits per heavy atom. The highest BCUT2D eigenvalue weighted by atomic mass is 16.6. The van der Waals surface area contributed by atoms with Crippen molar-refractivity contribution >= 4 is 23.2 Å². The van der Waals surface area contributed by atoms with Crippen molar-refractivity contribution in [1.82, 2.24) is 4.98 Å². The lowest BCUT2D eigenvalue weighted by molar-refractivity contribution is -0.384. The first-order chi connectivity index (χ1) is 10.5. The van der Waals surface area contributed by atoms with E-state index in [1.165, 1.54) is 18.3 Å². The second-order valence-corrected chi connectivity index (χ2v) is 4.84. The molecular formula is C16H15N3O3. The van der Waals surface area contributed by atoms with Gasteiger partial charge in [0.1, 0.15) is 5.69 Å². The summed E-state index contributed by atoms with van der Waals surface area (Å²) in [5.74, 6) is -0.201. The highest BCUT2D eigenvalue weighted by molar-refractivity contribution is 6.06. The lowest BCUT2D eigenvalue weighted by Crippen LogP contribution is -2.10. The first kappa shape index (κ1) is 15.4. The van der Waals surface area contributed by atoms with Gasteiger partial charge in [-0.05, 0) is 29.8 Å². The number of carbonyl (C=O) groups excluding carboxylic acids is 1. The molecule has 0 fully saturated rings. The SMILES string of the molecule is CN(C)c1ccc(/C=C/C(=O)c2cccnc2)cc1[N+](=O)[O-]. The van der Waals surface area contributed by atoms with Crippen LogP contribution in [0.3, 0.4) is 0 Å². The van der Waals surface area contributed by atoms with Gasteiger partial charge in [0, 0.05) is 38.1 Å². The van der Waals surface area contributed by atoms with E-state index in [-0.39, 0.29) is 11.5 Å². The number of anilines is 1. The van der Waals surface area contributed by atoms with Crippen molar-refractivity contribution in [3.63, 3.8) is 0 Å². The minimum absolute atomic E-state index is 0.000904. The van der Waals surface area contributed by atoms with Crippen LogP contribution in [-0.2, 0) is 0 Å². The Bertz CT molecular complexity index is 725. The fourth-order valence-corrected chi connectivity index (χ4v) is 1.95. The van der Waals surface area contributed by atoms with Crippen molar-refractivity contribution in [3.05, 3.63) is 70.0 Å². The lowest BCUT2D eigenvalue weighted by atomic mass is 10.1. The van der Waals surface area contributed by atoms with E-state index in [1.54, 1.807) is 55.5 Å². The number of allylic oxidation sites excluding steroid dienone is 1. The number of benzene rings is 1. The molecular weight excluding hydrogens is 282 g/mol. The molecule has 0 amide bonds. The van der Waals surface area contributed by atoms with Gasteiger partial charge in [-0.2, -0.15) is 0 Å². The van der Waals surface area contributed by atoms with Crippen LogP contribution in [-0.4, -0.2) is 29.8 Å². The number of carbonyl (C=O) groups is 1. The lowest BCUT2D eigenvalue weighted by Gasteiger charge is -2.12. The maximum Gasteiger partial charge on any atom is 0.293 e. The topological polar surface area (TPSA) is 76.3 Å². The predicted octanol–water partition coefficient (Wildman–Crippen LogP) is 2.95. The number of nitro benzene ring substituents is 1. The Balaban J connectivity index is 2.27. The monoisotopic (exact) mass is 297 g/mol. The summed E-state index contributed by atoms with van der Waals surface area (Å²) in [5.41, 5.74) is 1.58. The van der Waals surface area contributed by atoms with Gasteiger partial charge in [0.15, 0.2) is 5.78 Å². The van der Waals surface area contributed by atoms with Gasteiger partial charge >= 0.3 is 0 Å². The molecule has 1 heterocycles. The first-order valence-electron chi connectivity index (χ1n) is 6.57. The van der Waals surface area contributed by atoms with Crippen LogP contribution in [0.25, 0.3) is 6.08 Å². The molecule has 2 rings (SSSR count). The van der Waals surface area contributed by atoms with Gasteiger partial charge in [-0.15, -0.1) is 0 Å². The van der Waals surface area contributed by atoms with E-state index in [1.807, 2.05) is 0 Å². The largest absolute Gasteiger partial charge is 0.372 e. The Morgan fingerprint density at radius 2 is 2.09 bits per heavy atom. The second kappa shape index (κ2) is 6.62. The maximum absolute atomic E-state index is 11.9. The molecule has 0 atom stereocenters. The zero-order valence-corrected chi connectivity index (χ0v) is 12.3. The minimum atomic E-state index is -0.435. The van der Waals surface area contributed by atoms with Gasteiger partial charge in [-0.1, -0.05) is 12.1 Å². The molecule has 0 aliphatic heterocycles. The van der Waals surface area contributed by atoms with Gasteiger partial charge in [0.2, 0.25) is 0 Å². The molecule has 0 unspecified atom stereocenters. The van der Waals surface area contributed by atoms with Crippen LogP contribution in [0.15, 0.2) is 48.8 Å². The summed E-state index contributed by atoms with van der Waals surface area (Å²) in [5, 5.41) is 11.1. The van der Waals surface area contributed by atoms with Gasteiger partial charge in [-0.3, -0.25) is 19.9 Å². The fourth-order valence-electron chi connectivity index (χ4n) is 1.95. The van der Waals surface area contributed by atoms with E-state index >= 15 is 0 Å². The predicted molar refractivity (Wildman–Crippen MR) is 85.0 cm³/mol. The average molecular weight is 297 g/mol. The molecule has 112 valence electrons. The number of ketones is 1. The molecule has 0 radical (unpaired) electrons. The van der Waals surface area contributed by atoms with E-state index in [0.29, 0.717) is 16.8 Å². The van der Waals surface area contributed by atoms with Crippen molar-refractivity contribution in [2.75, 3.05) is 19.0 Å². The molecule has 6 heteroatoms. The molecule has 0 aliphatic rings. The van der Waals surface area contributed by atoms with Gasteiger partial charge in [-0.25, -0.2) is 0 Å². The van der Waals surface area contributed by atoms with E-state index in [2.05, 4.69) is 4.98 Å². The summed E-state index contributed by atoms with van der Waals surface area (Å²) in [6.45, 7) is 0. The number of hydrogen-bond donors (Lipinski definition) is 0. The van der Waals surface area contributed by atoms with Crippen LogP contribution in [0.5, 0.6) is 0 Å². The van der Waals surface area contributed by atoms with Crippen molar-refractivity contribution in [2.45, 2.75) is 0 Å². The highest BCUT2D eigenvalue weighted by Crippen LogP contribution is 2.28. The number of rotatable bonds is 5. The van der Waals surface area contributed by atoms with Crippen LogP contribution in [0.1, 0.15) is 15.9 Å². The third kappa shape index (κ3) is 3.54. The molecule has 0 bridgehead atoms. The van der Waals surface area contributed by atoms with Crippen molar-refractivity contribution in [3.8, 4) is 0 Å². The Kier molecular flexibility index (Phi) is 4.63. The number of hydrogen-bond acceptors (Lipinski definition) is 5. The van der Waals surface area contributed by atoms with Gasteiger partial charge in [0.25, 0.3) is 5.69 Å². The quantitative estimate of drug-likeness (QED) is 0.367. The number of pyridine rings is 1. The number of aromatic nitrogens is 1. The second-order valence-electron chi connectivity index (χ2n) is 4.84. The van der Waals surface area contributed by atoms with E-state index < -0.39 is 4.92 Å². The molecule has 0 spiro atoms. The van der Waals surface area contributed by atoms with Crippen LogP contribution in [0.2, 0.25) is 0 Å². The van der Waals surface area contributed by atoms with Crippen LogP contribution in [0, 0.1) is 10.1 Å². The van der Waals surface area contributed by atoms with E-state index in [0.717, 1.165) is 0 Å². The summed E-state index contributed by atoms with van der Waals surface area (Å²) in [6.07, 6.45) is 6.00. The fraction of sp³-hybridized carbons (Fsp3) is 0.125. The summed E-state index contributed by atoms with van der Waals surface area (Å²) < 4.78 is 0. The van der Waals surface area contributed by atoms with E-state index in [4.69, 9.17) is 0 Å². The first-order valence-corrected chi connectivity index (χ1v) is 6.57. The van der Waals surface area contributed by atoms with Crippen molar-refractivity contribution in [2.24, 2.45) is 0 Å². The van der Waals surface area contributed by atoms with Crippen molar-refractivity contribution < 1.29 is 9.72 Å². The summed E-state index contributed by atoms with van der Waals surface area (Å²) >= 11 is 0. The number of nitrogens with zero attached hydrogens (tertiary/aromatic N) is 3. The maximum atomic E-state index is 11.9. The molecule has 22 heavy (non-hydrogen) atoms. The minimum Gasteiger partial charge on any atom is -0.372 e. The Morgan fingerprint density at radius 3 is 2.68 bits per heavy atom. The molecule has 0 N–H and O–H groups in total. The molecule has 1 aromatic carbocycles. The van der Waals surface area contributed by atoms with Crippen LogP contribution in [0.4, 0.5) is 11.4 Å². The van der Waals surface area contributed by atoms with E-state index in [9.17, 15) is 14.9 Å². The Labute approximate surface area is 127 Å². The summed E-state index contributed by atoms with van der Waals surface area (Å²) in [7, 11) is 3.48. The number of nitro groups is 1. The molecule has 2 aromatic rings. The smallest absolute Gasteiger partial charge is 0.293 e. The average Bonchev–Trinajstić information content (AvgIpc) is 2.53. The zero-order valence-electron chi connectivity index (χ0n) is 12.3. The summed E-state index contributed by atoms with van der Waals surface area (Å²) in [4.78, 5) is 28.2. The molecule has 0 saturated heterocycles. The van der Waals surface area contributed by atoms with Gasteiger partial charge in [0.05, 0.1) is 4.92 Å². The van der Waals surface area contributed by atoms with Crippen molar-refractivity contribution in [1.29, 1.82) is 0 Å². The normalized spacial score (nSPS) is 10.6. The molecule has 6 nitrogen and oxygen atoms in total. The highest BCUT2D eigenvalue weighted by Gasteiger charge is 2.15. The Hall–Kier alpha value is -3.02. The zero-order chi connectivity index (χ0) is 16.1. The third-order valence-electron chi connectivity index (χ3n) is 3.05. The third-order valence-corrected chi connectivity index (χ3v) is 3.05. The molecule has 0 saturated carbocycles. The molecule has 1 aromatic heterocycles. The van der Waals surface area contributed by atoms with Crippen LogP contribution >= 0.6 is 0 Å². The summed E-state index contributed by atoms with van der Waals surface area (Å²) in [6, 6.07) is 8.18.